The van der Waals surface area contributed by atoms with Gasteiger partial charge < -0.3 is 10.6 Å². The lowest BCUT2D eigenvalue weighted by atomic mass is 10.2. The molecule has 0 aliphatic rings. The van der Waals surface area contributed by atoms with Crippen LogP contribution in [0.1, 0.15) is 21.6 Å². The zero-order chi connectivity index (χ0) is 17.8. The van der Waals surface area contributed by atoms with E-state index in [1.54, 1.807) is 12.3 Å². The van der Waals surface area contributed by atoms with Crippen LogP contribution in [0.5, 0.6) is 0 Å². The summed E-state index contributed by atoms with van der Waals surface area (Å²) in [5, 5.41) is 5.93. The van der Waals surface area contributed by atoms with Crippen LogP contribution < -0.4 is 10.6 Å². The van der Waals surface area contributed by atoms with E-state index in [4.69, 9.17) is 0 Å². The number of carbonyl (C=O) groups excluding carboxylic acids is 1. The molecule has 0 saturated heterocycles. The highest BCUT2D eigenvalue weighted by Gasteiger charge is 2.10. The second-order valence-electron chi connectivity index (χ2n) is 5.67. The number of nitrogens with one attached hydrogen (secondary N) is 2. The molecule has 3 aromatic rings. The van der Waals surface area contributed by atoms with Gasteiger partial charge in [-0.05, 0) is 49.7 Å². The minimum absolute atomic E-state index is 0.287. The fraction of sp³-hybridized carbons (Fsp3) is 0.105. The van der Waals surface area contributed by atoms with Crippen LogP contribution in [0.2, 0.25) is 0 Å². The molecular formula is C19H17BrN4O. The van der Waals surface area contributed by atoms with Gasteiger partial charge in [0.15, 0.2) is 0 Å². The third-order valence-electron chi connectivity index (χ3n) is 3.63. The minimum atomic E-state index is -0.287. The van der Waals surface area contributed by atoms with Crippen molar-refractivity contribution in [2.45, 2.75) is 13.8 Å². The van der Waals surface area contributed by atoms with E-state index in [1.807, 2.05) is 56.3 Å². The molecule has 2 N–H and O–H groups in total. The topological polar surface area (TPSA) is 66.9 Å². The number of aromatic nitrogens is 2. The summed E-state index contributed by atoms with van der Waals surface area (Å²) in [7, 11) is 0. The zero-order valence-corrected chi connectivity index (χ0v) is 15.5. The highest BCUT2D eigenvalue weighted by Crippen LogP contribution is 2.21. The van der Waals surface area contributed by atoms with Gasteiger partial charge in [0.1, 0.15) is 5.69 Å². The van der Waals surface area contributed by atoms with Crippen LogP contribution in [0, 0.1) is 13.8 Å². The van der Waals surface area contributed by atoms with E-state index < -0.39 is 0 Å². The Balaban J connectivity index is 1.74. The molecule has 1 heterocycles. The van der Waals surface area contributed by atoms with Crippen molar-refractivity contribution in [3.8, 4) is 0 Å². The second kappa shape index (κ2) is 7.44. The van der Waals surface area contributed by atoms with E-state index >= 15 is 0 Å². The summed E-state index contributed by atoms with van der Waals surface area (Å²) in [5.74, 6) is 0.0895. The van der Waals surface area contributed by atoms with Crippen molar-refractivity contribution in [3.05, 3.63) is 76.0 Å². The number of benzene rings is 2. The first-order chi connectivity index (χ1) is 12.0. The number of rotatable bonds is 4. The van der Waals surface area contributed by atoms with Crippen molar-refractivity contribution in [2.24, 2.45) is 0 Å². The number of nitrogens with zero attached hydrogens (tertiary/aromatic N) is 2. The molecule has 6 heteroatoms. The number of halogens is 1. The molecule has 0 atom stereocenters. The number of hydrogen-bond donors (Lipinski definition) is 2. The quantitative estimate of drug-likeness (QED) is 0.661. The van der Waals surface area contributed by atoms with Crippen LogP contribution in [0.4, 0.5) is 17.3 Å². The van der Waals surface area contributed by atoms with E-state index in [-0.39, 0.29) is 5.91 Å². The zero-order valence-electron chi connectivity index (χ0n) is 13.9. The molecule has 0 bridgehead atoms. The first-order valence-electron chi connectivity index (χ1n) is 7.75. The molecule has 25 heavy (non-hydrogen) atoms. The third kappa shape index (κ3) is 4.42. The summed E-state index contributed by atoms with van der Waals surface area (Å²) in [6.45, 7) is 4.01. The number of hydrogen-bond acceptors (Lipinski definition) is 4. The largest absolute Gasteiger partial charge is 0.324 e. The Labute approximate surface area is 154 Å². The van der Waals surface area contributed by atoms with Crippen molar-refractivity contribution in [1.29, 1.82) is 0 Å². The Morgan fingerprint density at radius 3 is 2.44 bits per heavy atom. The third-order valence-corrected chi connectivity index (χ3v) is 4.48. The van der Waals surface area contributed by atoms with Crippen LogP contribution in [0.15, 0.2) is 59.2 Å². The Kier molecular flexibility index (Phi) is 5.09. The highest BCUT2D eigenvalue weighted by atomic mass is 79.9. The lowest BCUT2D eigenvalue weighted by Gasteiger charge is -2.08. The second-order valence-corrected chi connectivity index (χ2v) is 6.53. The van der Waals surface area contributed by atoms with Gasteiger partial charge >= 0.3 is 0 Å². The summed E-state index contributed by atoms with van der Waals surface area (Å²) in [6, 6.07) is 15.1. The van der Waals surface area contributed by atoms with Crippen LogP contribution >= 0.6 is 15.9 Å². The first kappa shape index (κ1) is 17.1. The number of aryl methyl sites for hydroxylation is 2. The fourth-order valence-electron chi connectivity index (χ4n) is 2.18. The van der Waals surface area contributed by atoms with Gasteiger partial charge in [-0.1, -0.05) is 39.7 Å². The predicted octanol–water partition coefficient (Wildman–Crippen LogP) is 4.85. The fourth-order valence-corrected chi connectivity index (χ4v) is 2.56. The number of carbonyl (C=O) groups is 1. The average Bonchev–Trinajstić information content (AvgIpc) is 2.60. The van der Waals surface area contributed by atoms with Crippen molar-refractivity contribution in [2.75, 3.05) is 10.6 Å². The Hall–Kier alpha value is -2.73. The molecule has 0 fully saturated rings. The Morgan fingerprint density at radius 2 is 1.72 bits per heavy atom. The van der Waals surface area contributed by atoms with Crippen molar-refractivity contribution >= 4 is 39.2 Å². The molecule has 126 valence electrons. The predicted molar refractivity (Wildman–Crippen MR) is 103 cm³/mol. The smallest absolute Gasteiger partial charge is 0.274 e. The van der Waals surface area contributed by atoms with Gasteiger partial charge in [0, 0.05) is 22.0 Å². The lowest BCUT2D eigenvalue weighted by molar-refractivity contribution is 0.102. The SMILES string of the molecule is Cc1ccc(Nc2nccc(C(=O)Nc3ccc(C)c(Br)c3)n2)cc1. The molecule has 2 aromatic carbocycles. The molecule has 0 spiro atoms. The molecule has 1 amide bonds. The molecule has 0 aliphatic heterocycles. The van der Waals surface area contributed by atoms with Crippen molar-refractivity contribution < 1.29 is 4.79 Å². The maximum Gasteiger partial charge on any atom is 0.274 e. The van der Waals surface area contributed by atoms with E-state index in [2.05, 4.69) is 36.5 Å². The average molecular weight is 397 g/mol. The van der Waals surface area contributed by atoms with Gasteiger partial charge in [-0.25, -0.2) is 9.97 Å². The van der Waals surface area contributed by atoms with Gasteiger partial charge in [0.05, 0.1) is 0 Å². The Morgan fingerprint density at radius 1 is 1.00 bits per heavy atom. The standard InChI is InChI=1S/C19H17BrN4O/c1-12-3-6-14(7-4-12)23-19-21-10-9-17(24-19)18(25)22-15-8-5-13(2)16(20)11-15/h3-11H,1-2H3,(H,22,25)(H,21,23,24). The minimum Gasteiger partial charge on any atom is -0.324 e. The summed E-state index contributed by atoms with van der Waals surface area (Å²) < 4.78 is 0.940. The molecular weight excluding hydrogens is 380 g/mol. The Bertz CT molecular complexity index is 910. The van der Waals surface area contributed by atoms with Crippen LogP contribution in [-0.2, 0) is 0 Å². The highest BCUT2D eigenvalue weighted by molar-refractivity contribution is 9.10. The van der Waals surface area contributed by atoms with Gasteiger partial charge in [0.25, 0.3) is 5.91 Å². The molecule has 1 aromatic heterocycles. The van der Waals surface area contributed by atoms with Crippen molar-refractivity contribution in [1.82, 2.24) is 9.97 Å². The molecule has 3 rings (SSSR count). The first-order valence-corrected chi connectivity index (χ1v) is 8.55. The maximum atomic E-state index is 12.4. The van der Waals surface area contributed by atoms with Crippen LogP contribution in [0.25, 0.3) is 0 Å². The van der Waals surface area contributed by atoms with E-state index in [0.717, 1.165) is 15.7 Å². The molecule has 0 radical (unpaired) electrons. The molecule has 0 aliphatic carbocycles. The normalized spacial score (nSPS) is 10.4. The summed E-state index contributed by atoms with van der Waals surface area (Å²) in [4.78, 5) is 20.9. The van der Waals surface area contributed by atoms with Crippen LogP contribution in [-0.4, -0.2) is 15.9 Å². The number of anilines is 3. The summed E-state index contributed by atoms with van der Waals surface area (Å²) >= 11 is 3.46. The van der Waals surface area contributed by atoms with Gasteiger partial charge in [-0.15, -0.1) is 0 Å². The van der Waals surface area contributed by atoms with E-state index in [1.165, 1.54) is 5.56 Å². The monoisotopic (exact) mass is 396 g/mol. The maximum absolute atomic E-state index is 12.4. The van der Waals surface area contributed by atoms with E-state index in [0.29, 0.717) is 17.3 Å². The van der Waals surface area contributed by atoms with Gasteiger partial charge in [-0.2, -0.15) is 0 Å². The molecule has 5 nitrogen and oxygen atoms in total. The summed E-state index contributed by atoms with van der Waals surface area (Å²) in [5.41, 5.74) is 4.13. The molecule has 0 unspecified atom stereocenters. The lowest BCUT2D eigenvalue weighted by Crippen LogP contribution is -2.14. The van der Waals surface area contributed by atoms with E-state index in [9.17, 15) is 4.79 Å². The van der Waals surface area contributed by atoms with Gasteiger partial charge in [0.2, 0.25) is 5.95 Å². The number of amides is 1. The summed E-state index contributed by atoms with van der Waals surface area (Å²) in [6.07, 6.45) is 1.56. The van der Waals surface area contributed by atoms with Crippen molar-refractivity contribution in [3.63, 3.8) is 0 Å². The molecule has 0 saturated carbocycles. The van der Waals surface area contributed by atoms with Gasteiger partial charge in [-0.3, -0.25) is 4.79 Å². The van der Waals surface area contributed by atoms with Crippen LogP contribution in [0.3, 0.4) is 0 Å².